The van der Waals surface area contributed by atoms with Gasteiger partial charge >= 0.3 is 0 Å². The zero-order chi connectivity index (χ0) is 15.6. The molecular weight excluding hydrogens is 286 g/mol. The van der Waals surface area contributed by atoms with Gasteiger partial charge in [0.15, 0.2) is 0 Å². The first-order chi connectivity index (χ1) is 11.3. The lowest BCUT2D eigenvalue weighted by Crippen LogP contribution is -2.47. The predicted octanol–water partition coefficient (Wildman–Crippen LogP) is 3.11. The number of ether oxygens (including phenoxy) is 1. The van der Waals surface area contributed by atoms with Gasteiger partial charge in [-0.1, -0.05) is 18.2 Å². The number of benzene rings is 2. The van der Waals surface area contributed by atoms with Crippen LogP contribution in [0, 0.1) is 11.3 Å². The SMILES string of the molecule is N#Cc1ccc2c(c1)C[C@@H](N1C=CCN1c1ccccc1)CO2. The second-order valence-corrected chi connectivity index (χ2v) is 5.79. The van der Waals surface area contributed by atoms with Crippen LogP contribution in [-0.2, 0) is 6.42 Å². The number of hydrogen-bond donors (Lipinski definition) is 0. The number of anilines is 1. The summed E-state index contributed by atoms with van der Waals surface area (Å²) in [7, 11) is 0. The molecule has 4 rings (SSSR count). The minimum atomic E-state index is 0.232. The summed E-state index contributed by atoms with van der Waals surface area (Å²) in [4.78, 5) is 0. The molecule has 1 atom stereocenters. The molecule has 4 heteroatoms. The number of para-hydroxylation sites is 1. The molecular formula is C19H17N3O. The molecule has 0 bridgehead atoms. The molecule has 2 heterocycles. The molecule has 4 nitrogen and oxygen atoms in total. The zero-order valence-electron chi connectivity index (χ0n) is 12.7. The summed E-state index contributed by atoms with van der Waals surface area (Å²) in [6.45, 7) is 1.51. The maximum Gasteiger partial charge on any atom is 0.122 e. The molecule has 23 heavy (non-hydrogen) atoms. The fourth-order valence-electron chi connectivity index (χ4n) is 3.21. The van der Waals surface area contributed by atoms with Gasteiger partial charge in [0.25, 0.3) is 0 Å². The Morgan fingerprint density at radius 2 is 2.00 bits per heavy atom. The van der Waals surface area contributed by atoms with Crippen molar-refractivity contribution in [2.24, 2.45) is 0 Å². The van der Waals surface area contributed by atoms with Gasteiger partial charge < -0.3 is 4.74 Å². The van der Waals surface area contributed by atoms with Gasteiger partial charge in [-0.15, -0.1) is 0 Å². The van der Waals surface area contributed by atoms with E-state index in [0.717, 1.165) is 24.3 Å². The molecule has 0 saturated carbocycles. The largest absolute Gasteiger partial charge is 0.491 e. The molecule has 2 aromatic carbocycles. The maximum absolute atomic E-state index is 9.09. The molecule has 0 aromatic heterocycles. The van der Waals surface area contributed by atoms with Crippen molar-refractivity contribution < 1.29 is 4.74 Å². The van der Waals surface area contributed by atoms with Crippen LogP contribution in [0.5, 0.6) is 5.75 Å². The van der Waals surface area contributed by atoms with Crippen molar-refractivity contribution in [1.29, 1.82) is 5.26 Å². The molecule has 2 aliphatic rings. The summed E-state index contributed by atoms with van der Waals surface area (Å²) in [5.41, 5.74) is 2.97. The zero-order valence-corrected chi connectivity index (χ0v) is 12.7. The van der Waals surface area contributed by atoms with Crippen LogP contribution in [0.1, 0.15) is 11.1 Å². The van der Waals surface area contributed by atoms with Crippen LogP contribution in [0.2, 0.25) is 0 Å². The summed E-state index contributed by atoms with van der Waals surface area (Å²) in [6, 6.07) is 18.5. The Hall–Kier alpha value is -2.93. The first kappa shape index (κ1) is 13.7. The first-order valence-electron chi connectivity index (χ1n) is 7.78. The smallest absolute Gasteiger partial charge is 0.122 e. The minimum absolute atomic E-state index is 0.232. The van der Waals surface area contributed by atoms with E-state index in [1.165, 1.54) is 5.69 Å². The van der Waals surface area contributed by atoms with Gasteiger partial charge in [0.2, 0.25) is 0 Å². The second-order valence-electron chi connectivity index (χ2n) is 5.79. The summed E-state index contributed by atoms with van der Waals surface area (Å²) in [5, 5.41) is 13.6. The molecule has 0 N–H and O–H groups in total. The van der Waals surface area contributed by atoms with Crippen LogP contribution < -0.4 is 9.75 Å². The normalized spacial score (nSPS) is 19.2. The maximum atomic E-state index is 9.09. The van der Waals surface area contributed by atoms with Crippen molar-refractivity contribution in [2.75, 3.05) is 18.2 Å². The number of nitriles is 1. The minimum Gasteiger partial charge on any atom is -0.491 e. The lowest BCUT2D eigenvalue weighted by molar-refractivity contribution is 0.158. The monoisotopic (exact) mass is 303 g/mol. The average molecular weight is 303 g/mol. The predicted molar refractivity (Wildman–Crippen MR) is 88.9 cm³/mol. The highest BCUT2D eigenvalue weighted by Crippen LogP contribution is 2.30. The van der Waals surface area contributed by atoms with E-state index < -0.39 is 0 Å². The van der Waals surface area contributed by atoms with Gasteiger partial charge in [-0.25, -0.2) is 0 Å². The average Bonchev–Trinajstić information content (AvgIpc) is 3.11. The van der Waals surface area contributed by atoms with Gasteiger partial charge in [-0.05, 0) is 42.0 Å². The fraction of sp³-hybridized carbons (Fsp3) is 0.211. The number of nitrogens with zero attached hydrogens (tertiary/aromatic N) is 3. The van der Waals surface area contributed by atoms with Crippen LogP contribution >= 0.6 is 0 Å². The van der Waals surface area contributed by atoms with E-state index in [2.05, 4.69) is 52.6 Å². The van der Waals surface area contributed by atoms with E-state index >= 15 is 0 Å². The summed E-state index contributed by atoms with van der Waals surface area (Å²) in [5.74, 6) is 0.898. The molecule has 0 aliphatic carbocycles. The number of hydrazine groups is 1. The lowest BCUT2D eigenvalue weighted by Gasteiger charge is -2.39. The number of rotatable bonds is 2. The third kappa shape index (κ3) is 2.51. The van der Waals surface area contributed by atoms with E-state index in [1.54, 1.807) is 0 Å². The highest BCUT2D eigenvalue weighted by molar-refractivity contribution is 5.48. The number of hydrogen-bond acceptors (Lipinski definition) is 4. The van der Waals surface area contributed by atoms with Crippen molar-refractivity contribution in [1.82, 2.24) is 5.01 Å². The van der Waals surface area contributed by atoms with Crippen molar-refractivity contribution in [3.05, 3.63) is 71.9 Å². The Labute approximate surface area is 135 Å². The van der Waals surface area contributed by atoms with Gasteiger partial charge in [0.1, 0.15) is 12.4 Å². The van der Waals surface area contributed by atoms with Crippen LogP contribution in [-0.4, -0.2) is 24.2 Å². The van der Waals surface area contributed by atoms with E-state index in [1.807, 2.05) is 24.3 Å². The molecule has 0 saturated heterocycles. The Balaban J connectivity index is 1.59. The third-order valence-corrected chi connectivity index (χ3v) is 4.32. The fourth-order valence-corrected chi connectivity index (χ4v) is 3.21. The molecule has 0 spiro atoms. The van der Waals surface area contributed by atoms with E-state index in [4.69, 9.17) is 10.00 Å². The number of fused-ring (bicyclic) bond motifs is 1. The summed E-state index contributed by atoms with van der Waals surface area (Å²) < 4.78 is 5.92. The summed E-state index contributed by atoms with van der Waals surface area (Å²) >= 11 is 0. The highest BCUT2D eigenvalue weighted by atomic mass is 16.5. The van der Waals surface area contributed by atoms with E-state index in [9.17, 15) is 0 Å². The van der Waals surface area contributed by atoms with Crippen LogP contribution in [0.3, 0.4) is 0 Å². The molecule has 2 aromatic rings. The Kier molecular flexibility index (Phi) is 3.39. The topological polar surface area (TPSA) is 39.5 Å². The van der Waals surface area contributed by atoms with Crippen molar-refractivity contribution in [3.63, 3.8) is 0 Å². The van der Waals surface area contributed by atoms with Crippen molar-refractivity contribution >= 4 is 5.69 Å². The second kappa shape index (κ2) is 5.69. The lowest BCUT2D eigenvalue weighted by atomic mass is 10.0. The van der Waals surface area contributed by atoms with Gasteiger partial charge in [0, 0.05) is 12.6 Å². The molecule has 0 fully saturated rings. The van der Waals surface area contributed by atoms with Gasteiger partial charge in [0.05, 0.1) is 29.9 Å². The third-order valence-electron chi connectivity index (χ3n) is 4.32. The molecule has 0 radical (unpaired) electrons. The Morgan fingerprint density at radius 3 is 2.83 bits per heavy atom. The highest BCUT2D eigenvalue weighted by Gasteiger charge is 2.29. The van der Waals surface area contributed by atoms with Crippen molar-refractivity contribution in [3.8, 4) is 11.8 Å². The molecule has 0 unspecified atom stereocenters. The summed E-state index contributed by atoms with van der Waals surface area (Å²) in [6.07, 6.45) is 5.16. The Morgan fingerprint density at radius 1 is 1.13 bits per heavy atom. The van der Waals surface area contributed by atoms with Gasteiger partial charge in [-0.2, -0.15) is 5.26 Å². The first-order valence-corrected chi connectivity index (χ1v) is 7.78. The van der Waals surface area contributed by atoms with Crippen LogP contribution in [0.15, 0.2) is 60.8 Å². The molecule has 0 amide bonds. The van der Waals surface area contributed by atoms with Crippen molar-refractivity contribution in [2.45, 2.75) is 12.5 Å². The van der Waals surface area contributed by atoms with Gasteiger partial charge in [-0.3, -0.25) is 10.0 Å². The molecule has 2 aliphatic heterocycles. The van der Waals surface area contributed by atoms with Crippen LogP contribution in [0.4, 0.5) is 5.69 Å². The van der Waals surface area contributed by atoms with Crippen LogP contribution in [0.25, 0.3) is 0 Å². The standard InChI is InChI=1S/C19H17N3O/c20-13-15-7-8-19-16(11-15)12-18(14-23-19)22-10-4-9-21(22)17-5-2-1-3-6-17/h1-8,10-11,18H,9,12,14H2/t18-/m1/s1. The van der Waals surface area contributed by atoms with E-state index in [-0.39, 0.29) is 6.04 Å². The Bertz CT molecular complexity index is 779. The van der Waals surface area contributed by atoms with E-state index in [0.29, 0.717) is 12.2 Å². The quantitative estimate of drug-likeness (QED) is 0.854. The molecule has 114 valence electrons.